The molecule has 9 nitrogen and oxygen atoms in total. The molecular formula is C73H120NO8+. The molecule has 0 aromatic rings. The summed E-state index contributed by atoms with van der Waals surface area (Å²) in [6.45, 7) is 4.71. The predicted octanol–water partition coefficient (Wildman–Crippen LogP) is 20.0. The fraction of sp³-hybridized carbons (Fsp3) is 0.630. The van der Waals surface area contributed by atoms with Gasteiger partial charge in [-0.15, -0.1) is 0 Å². The number of esters is 2. The first-order valence-corrected chi connectivity index (χ1v) is 32.5. The summed E-state index contributed by atoms with van der Waals surface area (Å²) in [7, 11) is 5.96. The van der Waals surface area contributed by atoms with Crippen molar-refractivity contribution in [1.82, 2.24) is 0 Å². The SMILES string of the molecule is CC/C=C\C/C=C\C/C=C\C/C=C\C/C=C\C/C=C\C/C=C\C/C=C\C/C=C\C/C=C\CCCCCCCCCCCCC(=O)OC(COC(=O)CCCCCCC/C=C\C/C=C\CCCCCC)COC(OCC[N+](C)(C)C)C(=O)O. The molecule has 0 aliphatic heterocycles. The van der Waals surface area contributed by atoms with Crippen molar-refractivity contribution in [2.24, 2.45) is 0 Å². The third-order valence-corrected chi connectivity index (χ3v) is 13.3. The van der Waals surface area contributed by atoms with Crippen molar-refractivity contribution in [2.45, 2.75) is 251 Å². The minimum Gasteiger partial charge on any atom is -0.477 e. The van der Waals surface area contributed by atoms with E-state index in [-0.39, 0.29) is 38.6 Å². The van der Waals surface area contributed by atoms with E-state index in [2.05, 4.69) is 160 Å². The Balaban J connectivity index is 4.16. The summed E-state index contributed by atoms with van der Waals surface area (Å²) >= 11 is 0. The number of nitrogens with zero attached hydrogens (tertiary/aromatic N) is 1. The molecule has 9 heteroatoms. The number of carboxylic acids is 1. The van der Waals surface area contributed by atoms with Crippen LogP contribution in [0.25, 0.3) is 0 Å². The molecular weight excluding hydrogens is 1020 g/mol. The Bertz CT molecular complexity index is 1850. The second kappa shape index (κ2) is 62.2. The van der Waals surface area contributed by atoms with Crippen LogP contribution in [-0.2, 0) is 33.3 Å². The molecule has 0 heterocycles. The van der Waals surface area contributed by atoms with E-state index < -0.39 is 24.3 Å². The van der Waals surface area contributed by atoms with Crippen molar-refractivity contribution in [1.29, 1.82) is 0 Å². The average Bonchev–Trinajstić information content (AvgIpc) is 3.45. The van der Waals surface area contributed by atoms with Gasteiger partial charge in [-0.05, 0) is 122 Å². The van der Waals surface area contributed by atoms with E-state index in [1.807, 2.05) is 21.1 Å². The highest BCUT2D eigenvalue weighted by Crippen LogP contribution is 2.15. The van der Waals surface area contributed by atoms with Crippen molar-refractivity contribution < 1.29 is 42.9 Å². The molecule has 2 atom stereocenters. The van der Waals surface area contributed by atoms with Crippen LogP contribution in [0.1, 0.15) is 239 Å². The van der Waals surface area contributed by atoms with Gasteiger partial charge in [-0.3, -0.25) is 9.59 Å². The van der Waals surface area contributed by atoms with Gasteiger partial charge in [0.1, 0.15) is 13.2 Å². The third kappa shape index (κ3) is 62.8. The molecule has 0 spiro atoms. The lowest BCUT2D eigenvalue weighted by Crippen LogP contribution is -2.40. The van der Waals surface area contributed by atoms with Crippen LogP contribution >= 0.6 is 0 Å². The molecule has 0 aliphatic carbocycles. The Morgan fingerprint density at radius 1 is 0.378 bits per heavy atom. The van der Waals surface area contributed by atoms with Crippen LogP contribution in [-0.4, -0.2) is 87.4 Å². The summed E-state index contributed by atoms with van der Waals surface area (Å²) < 4.78 is 22.9. The smallest absolute Gasteiger partial charge is 0.361 e. The number of carbonyl (C=O) groups is 3. The number of rotatable bonds is 58. The van der Waals surface area contributed by atoms with Crippen LogP contribution in [0.4, 0.5) is 0 Å². The molecule has 0 aliphatic rings. The number of carboxylic acid groups (broad SMARTS) is 1. The molecule has 0 aromatic carbocycles. The van der Waals surface area contributed by atoms with E-state index in [0.29, 0.717) is 17.4 Å². The quantitative estimate of drug-likeness (QED) is 0.0211. The van der Waals surface area contributed by atoms with Gasteiger partial charge in [-0.2, -0.15) is 0 Å². The van der Waals surface area contributed by atoms with Gasteiger partial charge in [0.2, 0.25) is 0 Å². The Morgan fingerprint density at radius 2 is 0.695 bits per heavy atom. The van der Waals surface area contributed by atoms with E-state index in [1.165, 1.54) is 70.6 Å². The number of allylic oxidation sites excluding steroid dienone is 24. The fourth-order valence-electron chi connectivity index (χ4n) is 8.37. The highest BCUT2D eigenvalue weighted by Gasteiger charge is 2.25. The van der Waals surface area contributed by atoms with Crippen molar-refractivity contribution >= 4 is 17.9 Å². The zero-order valence-corrected chi connectivity index (χ0v) is 52.8. The molecule has 0 bridgehead atoms. The Morgan fingerprint density at radius 3 is 1.04 bits per heavy atom. The fourth-order valence-corrected chi connectivity index (χ4v) is 8.37. The second-order valence-corrected chi connectivity index (χ2v) is 22.3. The van der Waals surface area contributed by atoms with Crippen LogP contribution in [0, 0.1) is 0 Å². The molecule has 0 aromatic heterocycles. The molecule has 82 heavy (non-hydrogen) atoms. The molecule has 1 N–H and O–H groups in total. The van der Waals surface area contributed by atoms with Gasteiger partial charge in [0.05, 0.1) is 34.4 Å². The Kier molecular flexibility index (Phi) is 58.6. The number of likely N-dealkylation sites (N-methyl/N-ethyl adjacent to an activating group) is 1. The van der Waals surface area contributed by atoms with Crippen molar-refractivity contribution in [3.63, 3.8) is 0 Å². The van der Waals surface area contributed by atoms with Crippen molar-refractivity contribution in [2.75, 3.05) is 47.5 Å². The standard InChI is InChI=1S/C73H119NO8/c1-6-8-10-12-14-16-18-20-22-24-25-26-27-28-29-30-31-32-33-34-35-36-37-38-39-40-41-42-43-44-45-46-47-48-50-52-54-56-58-60-62-64-71(76)82-69(68-81-73(72(77)78)79-66-65-74(3,4)5)67-80-70(75)63-61-59-57-55-53-51-49-23-21-19-17-15-13-11-9-7-2/h8,10,14,16-17,19-20,22-23,25-26,28-29,31-32,34-35,37-38,40-41,43-44,49,69,73H,6-7,9,11-13,15,18,21,24,27,30,33,36,39,42,45-48,50-68H2,1-5H3/p+1/b10-8-,16-14-,19-17-,22-20-,26-25-,29-28-,32-31-,35-34-,38-37-,41-40-,44-43-,49-23-. The highest BCUT2D eigenvalue weighted by atomic mass is 16.7. The first-order valence-electron chi connectivity index (χ1n) is 32.5. The highest BCUT2D eigenvalue weighted by molar-refractivity contribution is 5.71. The predicted molar refractivity (Wildman–Crippen MR) is 350 cm³/mol. The van der Waals surface area contributed by atoms with E-state index in [1.54, 1.807) is 0 Å². The normalized spacial score (nSPS) is 13.7. The maximum atomic E-state index is 12.9. The van der Waals surface area contributed by atoms with Gasteiger partial charge in [0, 0.05) is 12.8 Å². The molecule has 0 rings (SSSR count). The molecule has 0 saturated carbocycles. The summed E-state index contributed by atoms with van der Waals surface area (Å²) in [5, 5.41) is 9.71. The van der Waals surface area contributed by atoms with E-state index in [4.69, 9.17) is 18.9 Å². The van der Waals surface area contributed by atoms with Crippen LogP contribution < -0.4 is 0 Å². The molecule has 0 saturated heterocycles. The van der Waals surface area contributed by atoms with E-state index >= 15 is 0 Å². The first kappa shape index (κ1) is 77.2. The first-order chi connectivity index (χ1) is 40.1. The van der Waals surface area contributed by atoms with Gasteiger partial charge in [-0.25, -0.2) is 4.79 Å². The number of carbonyl (C=O) groups excluding carboxylic acids is 2. The van der Waals surface area contributed by atoms with Crippen molar-refractivity contribution in [3.05, 3.63) is 146 Å². The largest absolute Gasteiger partial charge is 0.477 e. The van der Waals surface area contributed by atoms with Gasteiger partial charge >= 0.3 is 17.9 Å². The average molecular weight is 1140 g/mol. The van der Waals surface area contributed by atoms with Gasteiger partial charge < -0.3 is 28.5 Å². The van der Waals surface area contributed by atoms with Crippen LogP contribution in [0.5, 0.6) is 0 Å². The maximum absolute atomic E-state index is 12.9. The molecule has 464 valence electrons. The summed E-state index contributed by atoms with van der Waals surface area (Å²) in [6.07, 6.45) is 88.0. The monoisotopic (exact) mass is 1140 g/mol. The lowest BCUT2D eigenvalue weighted by Gasteiger charge is -2.25. The minimum absolute atomic E-state index is 0.178. The van der Waals surface area contributed by atoms with Crippen LogP contribution in [0.15, 0.2) is 146 Å². The third-order valence-electron chi connectivity index (χ3n) is 13.3. The number of quaternary nitrogens is 1. The second-order valence-electron chi connectivity index (χ2n) is 22.3. The molecule has 2 unspecified atom stereocenters. The van der Waals surface area contributed by atoms with Gasteiger partial charge in [0.15, 0.2) is 6.10 Å². The Hall–Kier alpha value is -4.83. The van der Waals surface area contributed by atoms with E-state index in [0.717, 1.165) is 135 Å². The van der Waals surface area contributed by atoms with Crippen LogP contribution in [0.2, 0.25) is 0 Å². The number of hydrogen-bond donors (Lipinski definition) is 1. The maximum Gasteiger partial charge on any atom is 0.361 e. The molecule has 0 amide bonds. The number of aliphatic carboxylic acids is 1. The van der Waals surface area contributed by atoms with Crippen LogP contribution in [0.3, 0.4) is 0 Å². The number of unbranched alkanes of at least 4 members (excludes halogenated alkanes) is 19. The summed E-state index contributed by atoms with van der Waals surface area (Å²) in [4.78, 5) is 37.5. The lowest BCUT2D eigenvalue weighted by atomic mass is 10.0. The number of hydrogen-bond acceptors (Lipinski definition) is 7. The van der Waals surface area contributed by atoms with Gasteiger partial charge in [-0.1, -0.05) is 250 Å². The van der Waals surface area contributed by atoms with Gasteiger partial charge in [0.25, 0.3) is 6.29 Å². The zero-order valence-electron chi connectivity index (χ0n) is 52.8. The number of ether oxygens (including phenoxy) is 4. The zero-order chi connectivity index (χ0) is 59.8. The topological polar surface area (TPSA) is 108 Å². The Labute approximate surface area is 502 Å². The molecule has 0 radical (unpaired) electrons. The molecule has 0 fully saturated rings. The summed E-state index contributed by atoms with van der Waals surface area (Å²) in [5.41, 5.74) is 0. The summed E-state index contributed by atoms with van der Waals surface area (Å²) in [5.74, 6) is -2.04. The lowest BCUT2D eigenvalue weighted by molar-refractivity contribution is -0.870. The minimum atomic E-state index is -1.52. The summed E-state index contributed by atoms with van der Waals surface area (Å²) in [6, 6.07) is 0. The van der Waals surface area contributed by atoms with Crippen molar-refractivity contribution in [3.8, 4) is 0 Å². The van der Waals surface area contributed by atoms with E-state index in [9.17, 15) is 19.5 Å².